The van der Waals surface area contributed by atoms with E-state index in [0.29, 0.717) is 12.8 Å². The number of carbonyl (C=O) groups is 1. The summed E-state index contributed by atoms with van der Waals surface area (Å²) in [6.45, 7) is 1.48. The molecular weight excluding hydrogens is 106 g/mol. The lowest BCUT2D eigenvalue weighted by Gasteiger charge is -1.89. The quantitative estimate of drug-likeness (QED) is 0.521. The van der Waals surface area contributed by atoms with Gasteiger partial charge in [0.25, 0.3) is 0 Å². The summed E-state index contributed by atoms with van der Waals surface area (Å²) in [6.07, 6.45) is 1.55. The molecule has 0 aliphatic rings. The zero-order valence-electron chi connectivity index (χ0n) is 4.63. The molecule has 0 unspecified atom stereocenters. The van der Waals surface area contributed by atoms with Crippen molar-refractivity contribution in [3.05, 3.63) is 6.54 Å². The van der Waals surface area contributed by atoms with Gasteiger partial charge >= 0.3 is 5.97 Å². The van der Waals surface area contributed by atoms with Crippen molar-refractivity contribution in [2.24, 2.45) is 5.73 Å². The number of unbranched alkanes of at least 4 members (excludes halogenated alkanes) is 1. The lowest BCUT2D eigenvalue weighted by Crippen LogP contribution is -1.96. The number of nitrogens with two attached hydrogens (primary N) is 1. The summed E-state index contributed by atoms with van der Waals surface area (Å²) >= 11 is 0. The van der Waals surface area contributed by atoms with Gasteiger partial charge in [0.1, 0.15) is 0 Å². The molecule has 0 atom stereocenters. The molecule has 8 heavy (non-hydrogen) atoms. The molecule has 0 aromatic heterocycles. The first-order valence-electron chi connectivity index (χ1n) is 2.52. The van der Waals surface area contributed by atoms with Crippen LogP contribution in [-0.2, 0) is 4.79 Å². The van der Waals surface area contributed by atoms with Crippen molar-refractivity contribution in [1.29, 1.82) is 0 Å². The molecule has 47 valence electrons. The Labute approximate surface area is 48.5 Å². The van der Waals surface area contributed by atoms with E-state index >= 15 is 0 Å². The highest BCUT2D eigenvalue weighted by molar-refractivity contribution is 5.66. The number of carboxylic acids is 1. The molecule has 0 heterocycles. The van der Waals surface area contributed by atoms with E-state index < -0.39 is 5.97 Å². The molecule has 0 amide bonds. The standard InChI is InChI=1S/C5H10NO2/c6-4-2-1-3-5(7)8/h4H,1-3,6H2,(H,7,8). The molecule has 0 aromatic rings. The first-order valence-corrected chi connectivity index (χ1v) is 2.52. The highest BCUT2D eigenvalue weighted by atomic mass is 16.4. The normalized spacial score (nSPS) is 9.12. The average molecular weight is 116 g/mol. The van der Waals surface area contributed by atoms with Crippen molar-refractivity contribution in [3.8, 4) is 0 Å². The van der Waals surface area contributed by atoms with Crippen molar-refractivity contribution >= 4 is 5.97 Å². The third kappa shape index (κ3) is 5.43. The maximum absolute atomic E-state index is 9.82. The number of aliphatic carboxylic acids is 1. The topological polar surface area (TPSA) is 63.3 Å². The molecule has 0 aromatic carbocycles. The van der Waals surface area contributed by atoms with E-state index in [-0.39, 0.29) is 6.42 Å². The van der Waals surface area contributed by atoms with Gasteiger partial charge < -0.3 is 10.8 Å². The van der Waals surface area contributed by atoms with Crippen molar-refractivity contribution in [2.75, 3.05) is 0 Å². The van der Waals surface area contributed by atoms with Crippen molar-refractivity contribution in [3.63, 3.8) is 0 Å². The van der Waals surface area contributed by atoms with Crippen LogP contribution in [0.3, 0.4) is 0 Å². The molecule has 0 rings (SSSR count). The number of carboxylic acid groups (broad SMARTS) is 1. The fraction of sp³-hybridized carbons (Fsp3) is 0.600. The summed E-state index contributed by atoms with van der Waals surface area (Å²) in [5, 5.41) is 8.09. The Hall–Kier alpha value is -0.570. The van der Waals surface area contributed by atoms with E-state index in [4.69, 9.17) is 10.8 Å². The molecule has 3 N–H and O–H groups in total. The van der Waals surface area contributed by atoms with Gasteiger partial charge in [-0.2, -0.15) is 0 Å². The number of hydrogen-bond acceptors (Lipinski definition) is 2. The highest BCUT2D eigenvalue weighted by Gasteiger charge is 1.93. The smallest absolute Gasteiger partial charge is 0.303 e. The fourth-order valence-electron chi connectivity index (χ4n) is 0.371. The third-order valence-corrected chi connectivity index (χ3v) is 0.761. The Bertz CT molecular complexity index is 72.8. The van der Waals surface area contributed by atoms with Crippen LogP contribution >= 0.6 is 0 Å². The van der Waals surface area contributed by atoms with Crippen LogP contribution in [0.1, 0.15) is 19.3 Å². The second kappa shape index (κ2) is 4.59. The highest BCUT2D eigenvalue weighted by Crippen LogP contribution is 1.93. The average Bonchev–Trinajstić information content (AvgIpc) is 1.66. The van der Waals surface area contributed by atoms with Crippen molar-refractivity contribution in [2.45, 2.75) is 19.3 Å². The van der Waals surface area contributed by atoms with Crippen LogP contribution in [0, 0.1) is 6.54 Å². The van der Waals surface area contributed by atoms with Crippen LogP contribution in [0.5, 0.6) is 0 Å². The van der Waals surface area contributed by atoms with E-state index in [1.807, 2.05) is 0 Å². The minimum absolute atomic E-state index is 0.216. The molecular formula is C5H10NO2. The summed E-state index contributed by atoms with van der Waals surface area (Å²) < 4.78 is 0. The number of rotatable bonds is 4. The number of hydrogen-bond donors (Lipinski definition) is 2. The molecule has 0 saturated carbocycles. The Morgan fingerprint density at radius 2 is 2.38 bits per heavy atom. The first kappa shape index (κ1) is 7.43. The maximum atomic E-state index is 9.82. The van der Waals surface area contributed by atoms with Crippen LogP contribution in [0.2, 0.25) is 0 Å². The van der Waals surface area contributed by atoms with Gasteiger partial charge in [0.15, 0.2) is 0 Å². The van der Waals surface area contributed by atoms with Gasteiger partial charge in [-0.3, -0.25) is 4.79 Å². The van der Waals surface area contributed by atoms with E-state index in [0.717, 1.165) is 0 Å². The fourth-order valence-corrected chi connectivity index (χ4v) is 0.371. The molecule has 0 fully saturated rings. The molecule has 0 aliphatic heterocycles. The van der Waals surface area contributed by atoms with Gasteiger partial charge in [0.2, 0.25) is 0 Å². The Morgan fingerprint density at radius 3 is 2.75 bits per heavy atom. The minimum Gasteiger partial charge on any atom is -0.481 e. The minimum atomic E-state index is -0.758. The zero-order valence-corrected chi connectivity index (χ0v) is 4.63. The predicted molar refractivity (Wildman–Crippen MR) is 30.0 cm³/mol. The molecule has 0 saturated heterocycles. The molecule has 3 nitrogen and oxygen atoms in total. The molecule has 0 aliphatic carbocycles. The van der Waals surface area contributed by atoms with Crippen molar-refractivity contribution < 1.29 is 9.90 Å². The SMILES string of the molecule is N[CH]CCCC(=O)O. The largest absolute Gasteiger partial charge is 0.481 e. The van der Waals surface area contributed by atoms with E-state index in [1.165, 1.54) is 6.54 Å². The summed E-state index contributed by atoms with van der Waals surface area (Å²) in [6, 6.07) is 0. The molecule has 0 bridgehead atoms. The lowest BCUT2D eigenvalue weighted by atomic mass is 10.2. The van der Waals surface area contributed by atoms with Crippen LogP contribution in [-0.4, -0.2) is 11.1 Å². The van der Waals surface area contributed by atoms with E-state index in [2.05, 4.69) is 0 Å². The van der Waals surface area contributed by atoms with Gasteiger partial charge in [-0.05, 0) is 12.8 Å². The summed E-state index contributed by atoms with van der Waals surface area (Å²) in [7, 11) is 0. The van der Waals surface area contributed by atoms with Crippen LogP contribution < -0.4 is 5.73 Å². The second-order valence-corrected chi connectivity index (χ2v) is 1.52. The summed E-state index contributed by atoms with van der Waals surface area (Å²) in [4.78, 5) is 9.82. The third-order valence-electron chi connectivity index (χ3n) is 0.761. The van der Waals surface area contributed by atoms with Crippen LogP contribution in [0.15, 0.2) is 0 Å². The van der Waals surface area contributed by atoms with Crippen LogP contribution in [0.4, 0.5) is 0 Å². The summed E-state index contributed by atoms with van der Waals surface area (Å²) in [5.74, 6) is -0.758. The Kier molecular flexibility index (Phi) is 4.26. The van der Waals surface area contributed by atoms with E-state index in [9.17, 15) is 4.79 Å². The maximum Gasteiger partial charge on any atom is 0.303 e. The van der Waals surface area contributed by atoms with E-state index in [1.54, 1.807) is 0 Å². The zero-order chi connectivity index (χ0) is 6.41. The Morgan fingerprint density at radius 1 is 1.75 bits per heavy atom. The molecule has 1 radical (unpaired) electrons. The van der Waals surface area contributed by atoms with Crippen molar-refractivity contribution in [1.82, 2.24) is 0 Å². The van der Waals surface area contributed by atoms with Gasteiger partial charge in [-0.25, -0.2) is 0 Å². The van der Waals surface area contributed by atoms with Gasteiger partial charge in [-0.15, -0.1) is 0 Å². The molecule has 3 heteroatoms. The van der Waals surface area contributed by atoms with Gasteiger partial charge in [-0.1, -0.05) is 0 Å². The summed E-state index contributed by atoms with van der Waals surface area (Å²) in [5.41, 5.74) is 5.00. The van der Waals surface area contributed by atoms with Crippen LogP contribution in [0.25, 0.3) is 0 Å². The second-order valence-electron chi connectivity index (χ2n) is 1.52. The predicted octanol–water partition coefficient (Wildman–Crippen LogP) is 0.362. The lowest BCUT2D eigenvalue weighted by molar-refractivity contribution is -0.137. The monoisotopic (exact) mass is 116 g/mol. The van der Waals surface area contributed by atoms with Gasteiger partial charge in [0.05, 0.1) is 0 Å². The van der Waals surface area contributed by atoms with Gasteiger partial charge in [0, 0.05) is 13.0 Å². The Balaban J connectivity index is 2.82. The first-order chi connectivity index (χ1) is 3.77. The molecule has 0 spiro atoms.